The molecule has 0 unspecified atom stereocenters. The van der Waals surface area contributed by atoms with Gasteiger partial charge in [-0.25, -0.2) is 24.3 Å². The van der Waals surface area contributed by atoms with Crippen molar-refractivity contribution in [1.29, 1.82) is 0 Å². The Bertz CT molecular complexity index is 1120. The lowest BCUT2D eigenvalue weighted by Crippen LogP contribution is -2.00. The van der Waals surface area contributed by atoms with E-state index < -0.39 is 5.82 Å². The van der Waals surface area contributed by atoms with Crippen LogP contribution in [0.2, 0.25) is 5.02 Å². The summed E-state index contributed by atoms with van der Waals surface area (Å²) in [6.07, 6.45) is 2.98. The molecule has 0 aliphatic rings. The lowest BCUT2D eigenvalue weighted by atomic mass is 10.1. The molecule has 4 aromatic rings. The Morgan fingerprint density at radius 1 is 1.04 bits per heavy atom. The first-order valence-corrected chi connectivity index (χ1v) is 8.04. The number of nitrogens with two attached hydrogens (primary N) is 1. The molecule has 3 heterocycles. The predicted molar refractivity (Wildman–Crippen MR) is 99.7 cm³/mol. The summed E-state index contributed by atoms with van der Waals surface area (Å²) in [5.41, 5.74) is 7.52. The van der Waals surface area contributed by atoms with Crippen LogP contribution in [0, 0.1) is 5.82 Å². The summed E-state index contributed by atoms with van der Waals surface area (Å²) in [7, 11) is 0. The van der Waals surface area contributed by atoms with E-state index in [2.05, 4.69) is 25.3 Å². The van der Waals surface area contributed by atoms with Crippen molar-refractivity contribution >= 4 is 40.0 Å². The number of aromatic nitrogens is 4. The Kier molecular flexibility index (Phi) is 4.06. The molecule has 8 heteroatoms. The number of nitrogens with zero attached hydrogens (tertiary/aromatic N) is 4. The molecule has 0 fully saturated rings. The second-order valence-corrected chi connectivity index (χ2v) is 5.94. The van der Waals surface area contributed by atoms with Gasteiger partial charge in [0.15, 0.2) is 5.65 Å². The van der Waals surface area contributed by atoms with E-state index in [1.54, 1.807) is 24.4 Å². The van der Waals surface area contributed by atoms with Crippen LogP contribution in [0.1, 0.15) is 0 Å². The van der Waals surface area contributed by atoms with Gasteiger partial charge < -0.3 is 11.1 Å². The van der Waals surface area contributed by atoms with E-state index in [1.807, 2.05) is 6.07 Å². The van der Waals surface area contributed by atoms with Crippen LogP contribution in [0.15, 0.2) is 55.0 Å². The molecule has 0 saturated heterocycles. The zero-order valence-electron chi connectivity index (χ0n) is 13.3. The van der Waals surface area contributed by atoms with Crippen molar-refractivity contribution in [3.05, 3.63) is 65.8 Å². The maximum atomic E-state index is 14.3. The molecule has 0 aliphatic carbocycles. The van der Waals surface area contributed by atoms with Crippen molar-refractivity contribution < 1.29 is 4.39 Å². The van der Waals surface area contributed by atoms with Gasteiger partial charge in [0, 0.05) is 28.2 Å². The molecule has 0 radical (unpaired) electrons. The highest BCUT2D eigenvalue weighted by Gasteiger charge is 2.13. The minimum atomic E-state index is -0.422. The molecule has 0 atom stereocenters. The Morgan fingerprint density at radius 3 is 2.77 bits per heavy atom. The molecule has 1 aromatic carbocycles. The fourth-order valence-electron chi connectivity index (χ4n) is 2.57. The van der Waals surface area contributed by atoms with E-state index in [1.165, 1.54) is 24.5 Å². The number of pyridine rings is 2. The third kappa shape index (κ3) is 3.12. The zero-order valence-corrected chi connectivity index (χ0v) is 14.1. The van der Waals surface area contributed by atoms with Crippen molar-refractivity contribution in [2.45, 2.75) is 0 Å². The van der Waals surface area contributed by atoms with Crippen molar-refractivity contribution in [2.24, 2.45) is 0 Å². The summed E-state index contributed by atoms with van der Waals surface area (Å²) in [4.78, 5) is 16.7. The molecule has 0 saturated carbocycles. The normalized spacial score (nSPS) is 10.8. The molecule has 0 bridgehead atoms. The summed E-state index contributed by atoms with van der Waals surface area (Å²) in [6.45, 7) is 0. The van der Waals surface area contributed by atoms with E-state index >= 15 is 0 Å². The zero-order chi connectivity index (χ0) is 18.1. The van der Waals surface area contributed by atoms with Crippen molar-refractivity contribution in [3.8, 4) is 11.3 Å². The third-order valence-corrected chi connectivity index (χ3v) is 3.97. The molecule has 6 nitrogen and oxygen atoms in total. The number of hydrogen-bond donors (Lipinski definition) is 2. The van der Waals surface area contributed by atoms with Crippen molar-refractivity contribution in [2.75, 3.05) is 11.1 Å². The van der Waals surface area contributed by atoms with Crippen LogP contribution in [0.5, 0.6) is 0 Å². The fourth-order valence-corrected chi connectivity index (χ4v) is 2.74. The first-order valence-electron chi connectivity index (χ1n) is 7.66. The highest BCUT2D eigenvalue weighted by molar-refractivity contribution is 6.30. The van der Waals surface area contributed by atoms with Crippen LogP contribution in [-0.2, 0) is 0 Å². The summed E-state index contributed by atoms with van der Waals surface area (Å²) >= 11 is 6.02. The standard InChI is InChI=1S/C18H12ClFN6/c19-10-3-4-13(20)12(6-10)15-7-14(11-2-1-5-22-18(11)26-15)25-17-8-16(21)23-9-24-17/h1-9H,(H3,21,22,23,24,25,26). The molecule has 26 heavy (non-hydrogen) atoms. The summed E-state index contributed by atoms with van der Waals surface area (Å²) in [6, 6.07) is 11.3. The molecular weight excluding hydrogens is 355 g/mol. The molecule has 0 spiro atoms. The Labute approximate surface area is 152 Å². The van der Waals surface area contributed by atoms with E-state index in [9.17, 15) is 4.39 Å². The highest BCUT2D eigenvalue weighted by atomic mass is 35.5. The van der Waals surface area contributed by atoms with Gasteiger partial charge in [0.05, 0.1) is 11.4 Å². The lowest BCUT2D eigenvalue weighted by Gasteiger charge is -2.12. The average molecular weight is 367 g/mol. The summed E-state index contributed by atoms with van der Waals surface area (Å²) in [5, 5.41) is 4.34. The molecule has 0 amide bonds. The molecule has 3 aromatic heterocycles. The highest BCUT2D eigenvalue weighted by Crippen LogP contribution is 2.31. The minimum Gasteiger partial charge on any atom is -0.384 e. The maximum Gasteiger partial charge on any atom is 0.161 e. The van der Waals surface area contributed by atoms with Gasteiger partial charge in [0.25, 0.3) is 0 Å². The first kappa shape index (κ1) is 16.2. The third-order valence-electron chi connectivity index (χ3n) is 3.74. The SMILES string of the molecule is Nc1cc(Nc2cc(-c3cc(Cl)ccc3F)nc3ncccc23)ncn1. The van der Waals surface area contributed by atoms with Gasteiger partial charge in [-0.1, -0.05) is 11.6 Å². The molecule has 128 valence electrons. The van der Waals surface area contributed by atoms with E-state index in [0.29, 0.717) is 33.7 Å². The lowest BCUT2D eigenvalue weighted by molar-refractivity contribution is 0.631. The number of rotatable bonds is 3. The largest absolute Gasteiger partial charge is 0.384 e. The number of nitrogen functional groups attached to an aromatic ring is 1. The maximum absolute atomic E-state index is 14.3. The molecular formula is C18H12ClFN6. The monoisotopic (exact) mass is 366 g/mol. The Balaban J connectivity index is 1.90. The second-order valence-electron chi connectivity index (χ2n) is 5.51. The van der Waals surface area contributed by atoms with Crippen LogP contribution in [0.25, 0.3) is 22.3 Å². The van der Waals surface area contributed by atoms with Gasteiger partial charge in [-0.15, -0.1) is 0 Å². The van der Waals surface area contributed by atoms with Gasteiger partial charge >= 0.3 is 0 Å². The van der Waals surface area contributed by atoms with E-state index in [0.717, 1.165) is 5.39 Å². The molecule has 0 aliphatic heterocycles. The number of halogens is 2. The van der Waals surface area contributed by atoms with Gasteiger partial charge in [0.1, 0.15) is 23.8 Å². The van der Waals surface area contributed by atoms with Crippen LogP contribution < -0.4 is 11.1 Å². The van der Waals surface area contributed by atoms with Gasteiger partial charge in [-0.2, -0.15) is 0 Å². The number of hydrogen-bond acceptors (Lipinski definition) is 6. The predicted octanol–water partition coefficient (Wildman–Crippen LogP) is 4.21. The topological polar surface area (TPSA) is 89.6 Å². The van der Waals surface area contributed by atoms with Crippen LogP contribution >= 0.6 is 11.6 Å². The van der Waals surface area contributed by atoms with Crippen LogP contribution in [0.3, 0.4) is 0 Å². The van der Waals surface area contributed by atoms with Crippen LogP contribution in [0.4, 0.5) is 21.7 Å². The summed E-state index contributed by atoms with van der Waals surface area (Å²) < 4.78 is 14.3. The number of anilines is 3. The minimum absolute atomic E-state index is 0.287. The van der Waals surface area contributed by atoms with Crippen molar-refractivity contribution in [1.82, 2.24) is 19.9 Å². The fraction of sp³-hybridized carbons (Fsp3) is 0. The van der Waals surface area contributed by atoms with Crippen molar-refractivity contribution in [3.63, 3.8) is 0 Å². The van der Waals surface area contributed by atoms with Gasteiger partial charge in [-0.3, -0.25) is 0 Å². The average Bonchev–Trinajstić information content (AvgIpc) is 2.64. The Hall–Kier alpha value is -3.32. The van der Waals surface area contributed by atoms with E-state index in [4.69, 9.17) is 17.3 Å². The Morgan fingerprint density at radius 2 is 1.92 bits per heavy atom. The molecule has 4 rings (SSSR count). The molecule has 3 N–H and O–H groups in total. The number of benzene rings is 1. The number of fused-ring (bicyclic) bond motifs is 1. The smallest absolute Gasteiger partial charge is 0.161 e. The first-order chi connectivity index (χ1) is 12.6. The van der Waals surface area contributed by atoms with Gasteiger partial charge in [0.2, 0.25) is 0 Å². The number of nitrogens with one attached hydrogen (secondary N) is 1. The second kappa shape index (κ2) is 6.53. The quantitative estimate of drug-likeness (QED) is 0.564. The van der Waals surface area contributed by atoms with E-state index in [-0.39, 0.29) is 5.56 Å². The summed E-state index contributed by atoms with van der Waals surface area (Å²) in [5.74, 6) is 0.417. The van der Waals surface area contributed by atoms with Gasteiger partial charge in [-0.05, 0) is 36.4 Å². The van der Waals surface area contributed by atoms with Crippen LogP contribution in [-0.4, -0.2) is 19.9 Å².